The van der Waals surface area contributed by atoms with E-state index in [1.807, 2.05) is 22.6 Å². The average Bonchev–Trinajstić information content (AvgIpc) is 3.28. The van der Waals surface area contributed by atoms with E-state index >= 15 is 0 Å². The lowest BCUT2D eigenvalue weighted by Crippen LogP contribution is -2.46. The highest BCUT2D eigenvalue weighted by Gasteiger charge is 2.29. The number of likely N-dealkylation sites (tertiary alicyclic amines) is 1. The number of carbonyl (C=O) groups is 2. The molecule has 150 valence electrons. The number of amides is 2. The second-order valence-corrected chi connectivity index (χ2v) is 8.91. The molecule has 0 aliphatic carbocycles. The summed E-state index contributed by atoms with van der Waals surface area (Å²) in [4.78, 5) is 27.0. The van der Waals surface area contributed by atoms with Crippen molar-refractivity contribution in [2.45, 2.75) is 65.0 Å². The molecular formula is C20H33N5O2. The first-order valence-electron chi connectivity index (χ1n) is 10.1. The van der Waals surface area contributed by atoms with Gasteiger partial charge in [0, 0.05) is 25.3 Å². The molecule has 27 heavy (non-hydrogen) atoms. The number of nitrogens with zero attached hydrogens (tertiary/aromatic N) is 3. The van der Waals surface area contributed by atoms with Gasteiger partial charge in [0.1, 0.15) is 0 Å². The first-order valence-corrected chi connectivity index (χ1v) is 10.1. The van der Waals surface area contributed by atoms with Crippen LogP contribution in [0.1, 0.15) is 62.6 Å². The summed E-state index contributed by atoms with van der Waals surface area (Å²) < 4.78 is 1.91. The molecule has 2 unspecified atom stereocenters. The van der Waals surface area contributed by atoms with Crippen LogP contribution in [0.3, 0.4) is 0 Å². The molecule has 2 aliphatic heterocycles. The van der Waals surface area contributed by atoms with Crippen molar-refractivity contribution in [2.24, 2.45) is 5.92 Å². The van der Waals surface area contributed by atoms with E-state index in [0.29, 0.717) is 24.7 Å². The van der Waals surface area contributed by atoms with Gasteiger partial charge in [0.2, 0.25) is 5.91 Å². The van der Waals surface area contributed by atoms with E-state index < -0.39 is 0 Å². The minimum atomic E-state index is -0.147. The van der Waals surface area contributed by atoms with Gasteiger partial charge >= 0.3 is 0 Å². The molecule has 7 heteroatoms. The third kappa shape index (κ3) is 4.69. The molecule has 2 atom stereocenters. The third-order valence-electron chi connectivity index (χ3n) is 5.49. The molecule has 3 heterocycles. The van der Waals surface area contributed by atoms with Gasteiger partial charge in [-0.05, 0) is 71.9 Å². The molecule has 2 amide bonds. The number of aromatic nitrogens is 2. The maximum absolute atomic E-state index is 12.9. The standard InChI is InChI=1S/C20H33N5O2/c1-14-11-17(23-25(14)20(2,3)4)19(27)24-10-6-7-15(13-24)12-22-18(26)16-8-5-9-21-16/h11,15-16,21H,5-10,12-13H2,1-4H3,(H,22,26). The van der Waals surface area contributed by atoms with E-state index in [2.05, 4.69) is 36.5 Å². The van der Waals surface area contributed by atoms with Crippen LogP contribution in [0.2, 0.25) is 0 Å². The zero-order valence-electron chi connectivity index (χ0n) is 17.0. The quantitative estimate of drug-likeness (QED) is 0.839. The number of carbonyl (C=O) groups excluding carboxylic acids is 2. The van der Waals surface area contributed by atoms with Crippen molar-refractivity contribution in [2.75, 3.05) is 26.2 Å². The van der Waals surface area contributed by atoms with Crippen molar-refractivity contribution in [3.05, 3.63) is 17.5 Å². The summed E-state index contributed by atoms with van der Waals surface area (Å²) in [5.41, 5.74) is 1.36. The van der Waals surface area contributed by atoms with Crippen LogP contribution in [0, 0.1) is 12.8 Å². The number of nitrogens with one attached hydrogen (secondary N) is 2. The lowest BCUT2D eigenvalue weighted by atomic mass is 9.97. The second-order valence-electron chi connectivity index (χ2n) is 8.91. The van der Waals surface area contributed by atoms with Gasteiger partial charge < -0.3 is 15.5 Å². The molecule has 0 radical (unpaired) electrons. The zero-order valence-corrected chi connectivity index (χ0v) is 17.0. The first-order chi connectivity index (χ1) is 12.8. The predicted molar refractivity (Wildman–Crippen MR) is 105 cm³/mol. The highest BCUT2D eigenvalue weighted by atomic mass is 16.2. The Bertz CT molecular complexity index is 685. The van der Waals surface area contributed by atoms with E-state index in [0.717, 1.165) is 44.5 Å². The van der Waals surface area contributed by atoms with E-state index in [-0.39, 0.29) is 23.4 Å². The van der Waals surface area contributed by atoms with Crippen LogP contribution < -0.4 is 10.6 Å². The van der Waals surface area contributed by atoms with E-state index in [9.17, 15) is 9.59 Å². The van der Waals surface area contributed by atoms with Gasteiger partial charge in [-0.15, -0.1) is 0 Å². The summed E-state index contributed by atoms with van der Waals surface area (Å²) in [6, 6.07) is 1.83. The Kier molecular flexibility index (Phi) is 5.89. The van der Waals surface area contributed by atoms with E-state index in [1.165, 1.54) is 0 Å². The van der Waals surface area contributed by atoms with Crippen LogP contribution in [0.5, 0.6) is 0 Å². The molecule has 2 aliphatic rings. The predicted octanol–water partition coefficient (Wildman–Crippen LogP) is 1.67. The van der Waals surface area contributed by atoms with Crippen molar-refractivity contribution in [3.63, 3.8) is 0 Å². The van der Waals surface area contributed by atoms with Gasteiger partial charge in [0.15, 0.2) is 5.69 Å². The van der Waals surface area contributed by atoms with Crippen molar-refractivity contribution < 1.29 is 9.59 Å². The zero-order chi connectivity index (χ0) is 19.6. The Morgan fingerprint density at radius 1 is 1.30 bits per heavy atom. The maximum Gasteiger partial charge on any atom is 0.274 e. The number of piperidine rings is 1. The van der Waals surface area contributed by atoms with E-state index in [4.69, 9.17) is 0 Å². The van der Waals surface area contributed by atoms with Crippen LogP contribution >= 0.6 is 0 Å². The molecule has 3 rings (SSSR count). The number of aryl methyl sites for hydroxylation is 1. The van der Waals surface area contributed by atoms with Gasteiger partial charge in [0.25, 0.3) is 5.91 Å². The van der Waals surface area contributed by atoms with Crippen LogP contribution in [-0.2, 0) is 10.3 Å². The van der Waals surface area contributed by atoms with Crippen LogP contribution in [-0.4, -0.2) is 58.7 Å². The molecule has 2 N–H and O–H groups in total. The Balaban J connectivity index is 1.57. The molecule has 1 aromatic rings. The average molecular weight is 376 g/mol. The van der Waals surface area contributed by atoms with E-state index in [1.54, 1.807) is 0 Å². The Morgan fingerprint density at radius 3 is 2.70 bits per heavy atom. The minimum Gasteiger partial charge on any atom is -0.354 e. The molecule has 7 nitrogen and oxygen atoms in total. The fourth-order valence-electron chi connectivity index (χ4n) is 4.11. The Labute approximate surface area is 161 Å². The molecular weight excluding hydrogens is 342 g/mol. The summed E-state index contributed by atoms with van der Waals surface area (Å²) in [6.45, 7) is 11.2. The molecule has 0 spiro atoms. The van der Waals surface area contributed by atoms with Crippen molar-refractivity contribution >= 4 is 11.8 Å². The maximum atomic E-state index is 12.9. The van der Waals surface area contributed by atoms with Gasteiger partial charge in [-0.1, -0.05) is 0 Å². The molecule has 1 aromatic heterocycles. The fourth-order valence-corrected chi connectivity index (χ4v) is 4.11. The minimum absolute atomic E-state index is 0.00501. The Hall–Kier alpha value is -1.89. The monoisotopic (exact) mass is 375 g/mol. The van der Waals surface area contributed by atoms with Gasteiger partial charge in [0.05, 0.1) is 11.6 Å². The summed E-state index contributed by atoms with van der Waals surface area (Å²) in [5.74, 6) is 0.393. The SMILES string of the molecule is Cc1cc(C(=O)N2CCCC(CNC(=O)C3CCCN3)C2)nn1C(C)(C)C. The van der Waals surface area contributed by atoms with Crippen LogP contribution in [0.4, 0.5) is 0 Å². The number of hydrogen-bond donors (Lipinski definition) is 2. The summed E-state index contributed by atoms with van der Waals surface area (Å²) >= 11 is 0. The lowest BCUT2D eigenvalue weighted by molar-refractivity contribution is -0.123. The molecule has 0 saturated carbocycles. The van der Waals surface area contributed by atoms with Crippen molar-refractivity contribution in [1.29, 1.82) is 0 Å². The van der Waals surface area contributed by atoms with Crippen LogP contribution in [0.25, 0.3) is 0 Å². The molecule has 0 aromatic carbocycles. The van der Waals surface area contributed by atoms with Crippen molar-refractivity contribution in [1.82, 2.24) is 25.3 Å². The molecule has 2 fully saturated rings. The smallest absolute Gasteiger partial charge is 0.274 e. The summed E-state index contributed by atoms with van der Waals surface area (Å²) in [6.07, 6.45) is 3.98. The summed E-state index contributed by atoms with van der Waals surface area (Å²) in [7, 11) is 0. The topological polar surface area (TPSA) is 79.3 Å². The third-order valence-corrected chi connectivity index (χ3v) is 5.49. The van der Waals surface area contributed by atoms with Crippen molar-refractivity contribution in [3.8, 4) is 0 Å². The lowest BCUT2D eigenvalue weighted by Gasteiger charge is -2.32. The normalized spacial score (nSPS) is 23.5. The number of hydrogen-bond acceptors (Lipinski definition) is 4. The molecule has 0 bridgehead atoms. The first kappa shape index (κ1) is 19.9. The van der Waals surface area contributed by atoms with Gasteiger partial charge in [-0.3, -0.25) is 14.3 Å². The highest BCUT2D eigenvalue weighted by Crippen LogP contribution is 2.21. The second kappa shape index (κ2) is 8.00. The fraction of sp³-hybridized carbons (Fsp3) is 0.750. The highest BCUT2D eigenvalue weighted by molar-refractivity contribution is 5.92. The summed E-state index contributed by atoms with van der Waals surface area (Å²) in [5, 5.41) is 10.8. The van der Waals surface area contributed by atoms with Gasteiger partial charge in [-0.25, -0.2) is 0 Å². The largest absolute Gasteiger partial charge is 0.354 e. The van der Waals surface area contributed by atoms with Crippen LogP contribution in [0.15, 0.2) is 6.07 Å². The Morgan fingerprint density at radius 2 is 2.07 bits per heavy atom. The molecule has 2 saturated heterocycles. The van der Waals surface area contributed by atoms with Gasteiger partial charge in [-0.2, -0.15) is 5.10 Å². The number of rotatable bonds is 4.